The summed E-state index contributed by atoms with van der Waals surface area (Å²) in [6.45, 7) is 5.20. The molecule has 1 aromatic carbocycles. The van der Waals surface area contributed by atoms with E-state index in [9.17, 15) is 8.42 Å². The zero-order chi connectivity index (χ0) is 15.2. The van der Waals surface area contributed by atoms with E-state index in [2.05, 4.69) is 0 Å². The van der Waals surface area contributed by atoms with Gasteiger partial charge in [-0.2, -0.15) is 0 Å². The van der Waals surface area contributed by atoms with E-state index in [0.717, 1.165) is 12.8 Å². The maximum absolute atomic E-state index is 12.4. The van der Waals surface area contributed by atoms with Crippen molar-refractivity contribution < 1.29 is 13.2 Å². The van der Waals surface area contributed by atoms with Gasteiger partial charge in [0.05, 0.1) is 11.5 Å². The number of unbranched alkanes of at least 4 members (excludes halogenated alkanes) is 1. The van der Waals surface area contributed by atoms with Crippen molar-refractivity contribution in [2.75, 3.05) is 20.2 Å². The van der Waals surface area contributed by atoms with Crippen molar-refractivity contribution in [3.8, 4) is 5.75 Å². The van der Waals surface area contributed by atoms with Gasteiger partial charge in [-0.25, -0.2) is 12.7 Å². The molecule has 1 aromatic rings. The molecule has 0 heterocycles. The third-order valence-corrected chi connectivity index (χ3v) is 4.94. The first-order chi connectivity index (χ1) is 9.47. The molecule has 114 valence electrons. The molecule has 5 nitrogen and oxygen atoms in total. The molecule has 2 N–H and O–H groups in total. The minimum atomic E-state index is -3.45. The molecular weight excluding hydrogens is 276 g/mol. The van der Waals surface area contributed by atoms with Gasteiger partial charge in [-0.15, -0.1) is 0 Å². The quantitative estimate of drug-likeness (QED) is 0.796. The maximum atomic E-state index is 12.4. The topological polar surface area (TPSA) is 72.6 Å². The van der Waals surface area contributed by atoms with Crippen LogP contribution < -0.4 is 10.5 Å². The average molecular weight is 300 g/mol. The molecule has 0 fully saturated rings. The zero-order valence-electron chi connectivity index (χ0n) is 12.4. The van der Waals surface area contributed by atoms with Gasteiger partial charge in [0, 0.05) is 25.7 Å². The normalized spacial score (nSPS) is 11.8. The summed E-state index contributed by atoms with van der Waals surface area (Å²) < 4.78 is 31.7. The lowest BCUT2D eigenvalue weighted by Crippen LogP contribution is -2.28. The molecule has 1 rings (SSSR count). The maximum Gasteiger partial charge on any atom is 0.242 e. The Hall–Kier alpha value is -1.11. The molecule has 0 amide bonds. The number of benzene rings is 1. The van der Waals surface area contributed by atoms with E-state index in [0.29, 0.717) is 24.5 Å². The summed E-state index contributed by atoms with van der Waals surface area (Å²) in [5.41, 5.74) is 6.37. The van der Waals surface area contributed by atoms with Gasteiger partial charge >= 0.3 is 0 Å². The van der Waals surface area contributed by atoms with E-state index in [4.69, 9.17) is 10.5 Å². The monoisotopic (exact) mass is 300 g/mol. The van der Waals surface area contributed by atoms with Crippen LogP contribution in [0.5, 0.6) is 5.75 Å². The van der Waals surface area contributed by atoms with Crippen molar-refractivity contribution in [3.05, 3.63) is 23.8 Å². The van der Waals surface area contributed by atoms with Crippen LogP contribution in [0.25, 0.3) is 0 Å². The van der Waals surface area contributed by atoms with E-state index >= 15 is 0 Å². The molecule has 0 unspecified atom stereocenters. The third kappa shape index (κ3) is 3.94. The summed E-state index contributed by atoms with van der Waals surface area (Å²) in [4.78, 5) is 0.264. The van der Waals surface area contributed by atoms with Crippen LogP contribution in [0.3, 0.4) is 0 Å². The van der Waals surface area contributed by atoms with Crippen LogP contribution in [-0.4, -0.2) is 32.9 Å². The van der Waals surface area contributed by atoms with Gasteiger partial charge in [-0.3, -0.25) is 0 Å². The highest BCUT2D eigenvalue weighted by Crippen LogP contribution is 2.24. The summed E-state index contributed by atoms with van der Waals surface area (Å²) in [7, 11) is -1.85. The van der Waals surface area contributed by atoms with E-state index < -0.39 is 10.0 Å². The molecule has 0 aliphatic carbocycles. The van der Waals surface area contributed by atoms with E-state index in [1.165, 1.54) is 4.31 Å². The molecule has 0 saturated carbocycles. The Morgan fingerprint density at radius 3 is 2.55 bits per heavy atom. The molecule has 0 atom stereocenters. The predicted octanol–water partition coefficient (Wildman–Crippen LogP) is 1.96. The van der Waals surface area contributed by atoms with Gasteiger partial charge < -0.3 is 10.5 Å². The van der Waals surface area contributed by atoms with Gasteiger partial charge in [-0.1, -0.05) is 13.3 Å². The zero-order valence-corrected chi connectivity index (χ0v) is 13.2. The number of nitrogens with two attached hydrogens (primary N) is 1. The van der Waals surface area contributed by atoms with Gasteiger partial charge in [0.25, 0.3) is 0 Å². The van der Waals surface area contributed by atoms with Crippen molar-refractivity contribution in [1.82, 2.24) is 4.31 Å². The Morgan fingerprint density at radius 1 is 1.30 bits per heavy atom. The largest absolute Gasteiger partial charge is 0.494 e. The first-order valence-electron chi connectivity index (χ1n) is 6.89. The van der Waals surface area contributed by atoms with Crippen molar-refractivity contribution in [3.63, 3.8) is 0 Å². The number of sulfonamides is 1. The molecule has 20 heavy (non-hydrogen) atoms. The Morgan fingerprint density at radius 2 is 2.00 bits per heavy atom. The van der Waals surface area contributed by atoms with Gasteiger partial charge in [-0.05, 0) is 31.5 Å². The lowest BCUT2D eigenvalue weighted by molar-refractivity contribution is 0.336. The Bertz CT molecular complexity index is 529. The van der Waals surface area contributed by atoms with Crippen LogP contribution >= 0.6 is 0 Å². The fraction of sp³-hybridized carbons (Fsp3) is 0.571. The van der Waals surface area contributed by atoms with Crippen LogP contribution in [0.1, 0.15) is 32.3 Å². The fourth-order valence-electron chi connectivity index (χ4n) is 1.85. The minimum absolute atomic E-state index is 0.247. The minimum Gasteiger partial charge on any atom is -0.494 e. The van der Waals surface area contributed by atoms with Gasteiger partial charge in [0.15, 0.2) is 0 Å². The Balaban J connectivity index is 3.06. The smallest absolute Gasteiger partial charge is 0.242 e. The highest BCUT2D eigenvalue weighted by atomic mass is 32.2. The van der Waals surface area contributed by atoms with Crippen molar-refractivity contribution >= 4 is 10.0 Å². The summed E-state index contributed by atoms with van der Waals surface area (Å²) >= 11 is 0. The number of rotatable bonds is 8. The second-order valence-electron chi connectivity index (χ2n) is 4.59. The Kier molecular flexibility index (Phi) is 6.45. The van der Waals surface area contributed by atoms with E-state index in [1.54, 1.807) is 25.2 Å². The second kappa shape index (κ2) is 7.61. The number of hydrogen-bond donors (Lipinski definition) is 1. The van der Waals surface area contributed by atoms with Crippen molar-refractivity contribution in [2.45, 2.75) is 38.1 Å². The molecule has 0 spiro atoms. The van der Waals surface area contributed by atoms with Crippen LogP contribution in [-0.2, 0) is 16.6 Å². The van der Waals surface area contributed by atoms with Crippen molar-refractivity contribution in [1.29, 1.82) is 0 Å². The first-order valence-corrected chi connectivity index (χ1v) is 8.33. The Labute approximate surface area is 121 Å². The summed E-state index contributed by atoms with van der Waals surface area (Å²) in [5.74, 6) is 0.644. The molecule has 0 saturated heterocycles. The van der Waals surface area contributed by atoms with E-state index in [1.807, 2.05) is 13.8 Å². The lowest BCUT2D eigenvalue weighted by atomic mass is 10.2. The molecule has 6 heteroatoms. The van der Waals surface area contributed by atoms with Gasteiger partial charge in [0.1, 0.15) is 5.75 Å². The van der Waals surface area contributed by atoms with Crippen LogP contribution in [0.2, 0.25) is 0 Å². The molecule has 0 aliphatic rings. The average Bonchev–Trinajstić information content (AvgIpc) is 2.45. The molecule has 0 bridgehead atoms. The number of ether oxygens (including phenoxy) is 1. The standard InChI is InChI=1S/C14H24N2O3S/c1-4-6-9-16(3)20(17,18)13-7-8-14(19-5-2)12(10-13)11-15/h7-8,10H,4-6,9,11,15H2,1-3H3. The molecular formula is C14H24N2O3S. The van der Waals surface area contributed by atoms with Crippen LogP contribution in [0.4, 0.5) is 0 Å². The molecule has 0 aliphatic heterocycles. The van der Waals surface area contributed by atoms with Gasteiger partial charge in [0.2, 0.25) is 10.0 Å². The van der Waals surface area contributed by atoms with Crippen LogP contribution in [0.15, 0.2) is 23.1 Å². The lowest BCUT2D eigenvalue weighted by Gasteiger charge is -2.18. The summed E-state index contributed by atoms with van der Waals surface area (Å²) in [6, 6.07) is 4.84. The summed E-state index contributed by atoms with van der Waals surface area (Å²) in [6.07, 6.45) is 1.80. The second-order valence-corrected chi connectivity index (χ2v) is 6.63. The third-order valence-electron chi connectivity index (χ3n) is 3.09. The SMILES string of the molecule is CCCCN(C)S(=O)(=O)c1ccc(OCC)c(CN)c1. The van der Waals surface area contributed by atoms with E-state index in [-0.39, 0.29) is 11.4 Å². The first kappa shape index (κ1) is 16.9. The number of hydrogen-bond acceptors (Lipinski definition) is 4. The summed E-state index contributed by atoms with van der Waals surface area (Å²) in [5, 5.41) is 0. The molecule has 0 radical (unpaired) electrons. The molecule has 0 aromatic heterocycles. The van der Waals surface area contributed by atoms with Crippen LogP contribution in [0, 0.1) is 0 Å². The number of nitrogens with zero attached hydrogens (tertiary/aromatic N) is 1. The predicted molar refractivity (Wildman–Crippen MR) is 80.2 cm³/mol. The fourth-order valence-corrected chi connectivity index (χ4v) is 3.11. The highest BCUT2D eigenvalue weighted by molar-refractivity contribution is 7.89. The highest BCUT2D eigenvalue weighted by Gasteiger charge is 2.21. The van der Waals surface area contributed by atoms with Crippen molar-refractivity contribution in [2.24, 2.45) is 5.73 Å².